The molecule has 5 nitrogen and oxygen atoms in total. The van der Waals surface area contributed by atoms with Crippen molar-refractivity contribution in [3.05, 3.63) is 42.2 Å². The van der Waals surface area contributed by atoms with E-state index >= 15 is 0 Å². The smallest absolute Gasteiger partial charge is 0.335 e. The van der Waals surface area contributed by atoms with Crippen LogP contribution < -0.4 is 5.32 Å². The number of aromatic carboxylic acids is 1. The molecule has 0 aliphatic heterocycles. The lowest BCUT2D eigenvalue weighted by Gasteiger charge is -2.24. The molecule has 1 aromatic carbocycles. The molecule has 5 heteroatoms. The van der Waals surface area contributed by atoms with Crippen molar-refractivity contribution in [3.8, 4) is 0 Å². The van der Waals surface area contributed by atoms with E-state index in [1.807, 2.05) is 18.3 Å². The van der Waals surface area contributed by atoms with Crippen LogP contribution in [0.15, 0.2) is 36.7 Å². The second-order valence-electron chi connectivity index (χ2n) is 6.40. The molecule has 0 amide bonds. The van der Waals surface area contributed by atoms with Gasteiger partial charge in [0.2, 0.25) is 0 Å². The van der Waals surface area contributed by atoms with Crippen molar-refractivity contribution in [3.63, 3.8) is 0 Å². The summed E-state index contributed by atoms with van der Waals surface area (Å²) in [7, 11) is 0. The molecule has 24 heavy (non-hydrogen) atoms. The van der Waals surface area contributed by atoms with E-state index in [1.165, 1.54) is 19.3 Å². The number of carboxylic acids is 1. The number of carbonyl (C=O) groups is 1. The van der Waals surface area contributed by atoms with Crippen LogP contribution in [-0.2, 0) is 0 Å². The molecule has 1 saturated carbocycles. The van der Waals surface area contributed by atoms with Crippen LogP contribution in [0.5, 0.6) is 0 Å². The van der Waals surface area contributed by atoms with Crippen molar-refractivity contribution in [1.29, 1.82) is 0 Å². The number of nitrogens with zero attached hydrogens (tertiary/aromatic N) is 2. The van der Waals surface area contributed by atoms with Crippen molar-refractivity contribution in [1.82, 2.24) is 9.97 Å². The molecule has 1 fully saturated rings. The van der Waals surface area contributed by atoms with Crippen molar-refractivity contribution in [2.24, 2.45) is 0 Å². The predicted octanol–water partition coefficient (Wildman–Crippen LogP) is 4.23. The van der Waals surface area contributed by atoms with Crippen LogP contribution in [0.25, 0.3) is 21.7 Å². The summed E-state index contributed by atoms with van der Waals surface area (Å²) in [5, 5.41) is 15.8. The molecule has 2 N–H and O–H groups in total. The Labute approximate surface area is 139 Å². The number of pyridine rings is 2. The van der Waals surface area contributed by atoms with Gasteiger partial charge in [-0.2, -0.15) is 0 Å². The lowest BCUT2D eigenvalue weighted by molar-refractivity contribution is 0.0697. The predicted molar refractivity (Wildman–Crippen MR) is 94.5 cm³/mol. The molecule has 0 bridgehead atoms. The zero-order chi connectivity index (χ0) is 16.5. The minimum atomic E-state index is -0.938. The molecule has 3 aromatic rings. The molecular formula is C19H19N3O2. The molecule has 2 heterocycles. The first-order valence-electron chi connectivity index (χ1n) is 8.40. The number of fused-ring (bicyclic) bond motifs is 3. The Bertz CT molecular complexity index is 917. The highest BCUT2D eigenvalue weighted by atomic mass is 16.4. The van der Waals surface area contributed by atoms with E-state index in [1.54, 1.807) is 18.3 Å². The summed E-state index contributed by atoms with van der Waals surface area (Å²) in [6, 6.07) is 7.48. The Morgan fingerprint density at radius 3 is 2.71 bits per heavy atom. The van der Waals surface area contributed by atoms with Gasteiger partial charge < -0.3 is 10.4 Å². The zero-order valence-corrected chi connectivity index (χ0v) is 13.3. The van der Waals surface area contributed by atoms with Crippen LogP contribution in [0, 0.1) is 0 Å². The van der Waals surface area contributed by atoms with Crippen LogP contribution >= 0.6 is 0 Å². The van der Waals surface area contributed by atoms with E-state index < -0.39 is 5.97 Å². The first kappa shape index (κ1) is 14.9. The zero-order valence-electron chi connectivity index (χ0n) is 13.3. The molecule has 0 radical (unpaired) electrons. The molecule has 0 saturated heterocycles. The van der Waals surface area contributed by atoms with Gasteiger partial charge in [0.25, 0.3) is 0 Å². The Kier molecular flexibility index (Phi) is 3.76. The lowest BCUT2D eigenvalue weighted by atomic mass is 9.95. The quantitative estimate of drug-likeness (QED) is 0.706. The highest BCUT2D eigenvalue weighted by Crippen LogP contribution is 2.31. The molecule has 0 atom stereocenters. The second-order valence-corrected chi connectivity index (χ2v) is 6.40. The van der Waals surface area contributed by atoms with Gasteiger partial charge in [-0.15, -0.1) is 0 Å². The van der Waals surface area contributed by atoms with E-state index in [0.717, 1.165) is 34.8 Å². The Hall–Kier alpha value is -2.69. The van der Waals surface area contributed by atoms with E-state index in [2.05, 4.69) is 10.3 Å². The fourth-order valence-corrected chi connectivity index (χ4v) is 3.53. The van der Waals surface area contributed by atoms with Gasteiger partial charge in [-0.3, -0.25) is 4.98 Å². The molecule has 1 aliphatic carbocycles. The van der Waals surface area contributed by atoms with Gasteiger partial charge in [-0.05, 0) is 31.0 Å². The van der Waals surface area contributed by atoms with Gasteiger partial charge >= 0.3 is 5.97 Å². The second kappa shape index (κ2) is 6.07. The van der Waals surface area contributed by atoms with Gasteiger partial charge in [0.15, 0.2) is 0 Å². The SMILES string of the molecule is O=C(O)c1ccc2c(c1)nc(NC1CCCCC1)c1ccncc12. The largest absolute Gasteiger partial charge is 0.478 e. The molecule has 0 spiro atoms. The van der Waals surface area contributed by atoms with Crippen molar-refractivity contribution < 1.29 is 9.90 Å². The number of carboxylic acid groups (broad SMARTS) is 1. The molecule has 2 aromatic heterocycles. The van der Waals surface area contributed by atoms with E-state index in [4.69, 9.17) is 4.98 Å². The maximum atomic E-state index is 11.3. The third kappa shape index (κ3) is 2.66. The average molecular weight is 321 g/mol. The molecule has 4 rings (SSSR count). The summed E-state index contributed by atoms with van der Waals surface area (Å²) in [6.07, 6.45) is 9.69. The normalized spacial score (nSPS) is 15.7. The van der Waals surface area contributed by atoms with E-state index in [-0.39, 0.29) is 5.56 Å². The standard InChI is InChI=1S/C19H19N3O2/c23-19(24)12-6-7-14-16-11-20-9-8-15(16)18(22-17(14)10-12)21-13-4-2-1-3-5-13/h6-11,13H,1-5H2,(H,21,22)(H,23,24). The summed E-state index contributed by atoms with van der Waals surface area (Å²) < 4.78 is 0. The number of anilines is 1. The summed E-state index contributed by atoms with van der Waals surface area (Å²) in [6.45, 7) is 0. The van der Waals surface area contributed by atoms with Gasteiger partial charge in [0.05, 0.1) is 11.1 Å². The van der Waals surface area contributed by atoms with Gasteiger partial charge in [0.1, 0.15) is 5.82 Å². The number of aromatic nitrogens is 2. The highest BCUT2D eigenvalue weighted by Gasteiger charge is 2.16. The summed E-state index contributed by atoms with van der Waals surface area (Å²) in [4.78, 5) is 20.2. The van der Waals surface area contributed by atoms with Crippen molar-refractivity contribution in [2.45, 2.75) is 38.1 Å². The molecule has 0 unspecified atom stereocenters. The fraction of sp³-hybridized carbons (Fsp3) is 0.316. The minimum absolute atomic E-state index is 0.252. The highest BCUT2D eigenvalue weighted by molar-refractivity contribution is 6.10. The lowest BCUT2D eigenvalue weighted by Crippen LogP contribution is -2.23. The van der Waals surface area contributed by atoms with E-state index in [9.17, 15) is 9.90 Å². The van der Waals surface area contributed by atoms with Crippen molar-refractivity contribution >= 4 is 33.5 Å². The molecular weight excluding hydrogens is 302 g/mol. The van der Waals surface area contributed by atoms with Crippen molar-refractivity contribution in [2.75, 3.05) is 5.32 Å². The topological polar surface area (TPSA) is 75.1 Å². The van der Waals surface area contributed by atoms with Crippen LogP contribution in [0.4, 0.5) is 5.82 Å². The van der Waals surface area contributed by atoms with Gasteiger partial charge in [-0.25, -0.2) is 9.78 Å². The number of benzene rings is 1. The fourth-order valence-electron chi connectivity index (χ4n) is 3.53. The third-order valence-corrected chi connectivity index (χ3v) is 4.79. The molecule has 122 valence electrons. The maximum Gasteiger partial charge on any atom is 0.335 e. The third-order valence-electron chi connectivity index (χ3n) is 4.79. The minimum Gasteiger partial charge on any atom is -0.478 e. The van der Waals surface area contributed by atoms with E-state index in [0.29, 0.717) is 11.6 Å². The maximum absolute atomic E-state index is 11.3. The Morgan fingerprint density at radius 1 is 1.08 bits per heavy atom. The Morgan fingerprint density at radius 2 is 1.92 bits per heavy atom. The summed E-state index contributed by atoms with van der Waals surface area (Å²) in [5.41, 5.74) is 0.940. The summed E-state index contributed by atoms with van der Waals surface area (Å²) in [5.74, 6) is -0.110. The number of hydrogen-bond donors (Lipinski definition) is 2. The average Bonchev–Trinajstić information content (AvgIpc) is 2.62. The number of nitrogens with one attached hydrogen (secondary N) is 1. The van der Waals surface area contributed by atoms with Gasteiger partial charge in [0, 0.05) is 34.6 Å². The number of rotatable bonds is 3. The summed E-state index contributed by atoms with van der Waals surface area (Å²) >= 11 is 0. The van der Waals surface area contributed by atoms with Gasteiger partial charge in [-0.1, -0.05) is 25.3 Å². The number of hydrogen-bond acceptors (Lipinski definition) is 4. The monoisotopic (exact) mass is 321 g/mol. The van der Waals surface area contributed by atoms with Crippen LogP contribution in [0.3, 0.4) is 0 Å². The van der Waals surface area contributed by atoms with Crippen LogP contribution in [0.2, 0.25) is 0 Å². The first-order valence-corrected chi connectivity index (χ1v) is 8.40. The Balaban J connectivity index is 1.87. The first-order chi connectivity index (χ1) is 11.7. The van der Waals surface area contributed by atoms with Crippen LogP contribution in [-0.4, -0.2) is 27.1 Å². The molecule has 1 aliphatic rings. The van der Waals surface area contributed by atoms with Crippen LogP contribution in [0.1, 0.15) is 42.5 Å².